The summed E-state index contributed by atoms with van der Waals surface area (Å²) in [5.74, 6) is 0.866. The maximum absolute atomic E-state index is 11.9. The van der Waals surface area contributed by atoms with Gasteiger partial charge in [-0.25, -0.2) is 4.79 Å². The molecule has 8 nitrogen and oxygen atoms in total. The van der Waals surface area contributed by atoms with E-state index in [1.54, 1.807) is 0 Å². The van der Waals surface area contributed by atoms with Crippen LogP contribution in [-0.2, 0) is 4.74 Å². The molecule has 2 fully saturated rings. The van der Waals surface area contributed by atoms with E-state index in [1.807, 2.05) is 27.8 Å². The summed E-state index contributed by atoms with van der Waals surface area (Å²) in [6.07, 6.45) is 3.59. The monoisotopic (exact) mass is 524 g/mol. The van der Waals surface area contributed by atoms with Crippen LogP contribution in [0.15, 0.2) is 4.99 Å². The molecule has 0 aromatic heterocycles. The second kappa shape index (κ2) is 12.1. The minimum absolute atomic E-state index is 0. The van der Waals surface area contributed by atoms with Crippen LogP contribution in [0.1, 0.15) is 46.5 Å². The standard InChI is InChI=1S/C20H40N6O2.HI/c1-20(2,3)28-19(27)24-16-9-7-15(8-10-16)23-18(21-4)22-13-17-14-25(5)11-12-26(17)6;/h15-17H,7-14H2,1-6H3,(H,24,27)(H2,21,22,23);1H. The predicted molar refractivity (Wildman–Crippen MR) is 129 cm³/mol. The summed E-state index contributed by atoms with van der Waals surface area (Å²) in [6.45, 7) is 9.83. The van der Waals surface area contributed by atoms with Gasteiger partial charge >= 0.3 is 6.09 Å². The van der Waals surface area contributed by atoms with Crippen molar-refractivity contribution in [2.24, 2.45) is 4.99 Å². The van der Waals surface area contributed by atoms with Crippen molar-refractivity contribution in [1.82, 2.24) is 25.8 Å². The van der Waals surface area contributed by atoms with Gasteiger partial charge in [0.2, 0.25) is 0 Å². The van der Waals surface area contributed by atoms with Crippen LogP contribution in [0.4, 0.5) is 4.79 Å². The average Bonchev–Trinajstić information content (AvgIpc) is 2.61. The number of rotatable bonds is 4. The molecule has 1 saturated carbocycles. The smallest absolute Gasteiger partial charge is 0.407 e. The van der Waals surface area contributed by atoms with Gasteiger partial charge in [-0.05, 0) is 60.5 Å². The molecule has 9 heteroatoms. The molecule has 0 aromatic carbocycles. The number of ether oxygens (including phenoxy) is 1. The van der Waals surface area contributed by atoms with E-state index < -0.39 is 5.60 Å². The Hall–Kier alpha value is -0.810. The number of nitrogens with one attached hydrogen (secondary N) is 3. The number of alkyl carbamates (subject to hydrolysis) is 1. The number of halogens is 1. The highest BCUT2D eigenvalue weighted by Gasteiger charge is 2.26. The molecule has 0 aromatic rings. The van der Waals surface area contributed by atoms with Crippen LogP contribution in [0.2, 0.25) is 0 Å². The SMILES string of the molecule is CN=C(NCC1CN(C)CCN1C)NC1CCC(NC(=O)OC(C)(C)C)CC1.I. The van der Waals surface area contributed by atoms with E-state index in [2.05, 4.69) is 44.8 Å². The van der Waals surface area contributed by atoms with Gasteiger partial charge in [-0.15, -0.1) is 24.0 Å². The highest BCUT2D eigenvalue weighted by Crippen LogP contribution is 2.19. The molecular formula is C20H41IN6O2. The minimum atomic E-state index is -0.456. The minimum Gasteiger partial charge on any atom is -0.444 e. The lowest BCUT2D eigenvalue weighted by atomic mass is 9.91. The van der Waals surface area contributed by atoms with Gasteiger partial charge in [0, 0.05) is 51.4 Å². The topological polar surface area (TPSA) is 81.2 Å². The van der Waals surface area contributed by atoms with Crippen molar-refractivity contribution in [1.29, 1.82) is 0 Å². The number of nitrogens with zero attached hydrogens (tertiary/aromatic N) is 3. The largest absolute Gasteiger partial charge is 0.444 e. The Bertz CT molecular complexity index is 532. The van der Waals surface area contributed by atoms with Gasteiger partial charge in [-0.2, -0.15) is 0 Å². The summed E-state index contributed by atoms with van der Waals surface area (Å²) in [5.41, 5.74) is -0.456. The Labute approximate surface area is 193 Å². The third-order valence-electron chi connectivity index (χ3n) is 5.50. The van der Waals surface area contributed by atoms with Crippen molar-refractivity contribution in [3.8, 4) is 0 Å². The molecule has 1 aliphatic carbocycles. The molecule has 1 unspecified atom stereocenters. The Balaban J connectivity index is 0.00000420. The third-order valence-corrected chi connectivity index (χ3v) is 5.50. The fraction of sp³-hybridized carbons (Fsp3) is 0.900. The van der Waals surface area contributed by atoms with Gasteiger partial charge < -0.3 is 25.6 Å². The van der Waals surface area contributed by atoms with E-state index in [0.29, 0.717) is 12.1 Å². The fourth-order valence-corrected chi connectivity index (χ4v) is 3.78. The Kier molecular flexibility index (Phi) is 11.0. The van der Waals surface area contributed by atoms with E-state index in [4.69, 9.17) is 4.74 Å². The number of likely N-dealkylation sites (N-methyl/N-ethyl adjacent to an activating group) is 2. The van der Waals surface area contributed by atoms with E-state index in [-0.39, 0.29) is 36.1 Å². The second-order valence-corrected chi connectivity index (χ2v) is 9.19. The lowest BCUT2D eigenvalue weighted by molar-refractivity contribution is 0.0490. The van der Waals surface area contributed by atoms with E-state index >= 15 is 0 Å². The number of hydrogen-bond donors (Lipinski definition) is 3. The van der Waals surface area contributed by atoms with Crippen molar-refractivity contribution >= 4 is 36.0 Å². The summed E-state index contributed by atoms with van der Waals surface area (Å²) >= 11 is 0. The Morgan fingerprint density at radius 2 is 1.66 bits per heavy atom. The fourth-order valence-electron chi connectivity index (χ4n) is 3.78. The lowest BCUT2D eigenvalue weighted by Gasteiger charge is -2.38. The van der Waals surface area contributed by atoms with E-state index in [9.17, 15) is 4.79 Å². The molecule has 2 rings (SSSR count). The molecule has 1 saturated heterocycles. The van der Waals surface area contributed by atoms with Crippen LogP contribution >= 0.6 is 24.0 Å². The molecule has 0 spiro atoms. The first kappa shape index (κ1) is 26.2. The van der Waals surface area contributed by atoms with E-state index in [0.717, 1.165) is 57.8 Å². The van der Waals surface area contributed by atoms with Crippen LogP contribution in [0.3, 0.4) is 0 Å². The molecular weight excluding hydrogens is 483 g/mol. The summed E-state index contributed by atoms with van der Waals surface area (Å²) < 4.78 is 5.35. The first-order valence-electron chi connectivity index (χ1n) is 10.5. The van der Waals surface area contributed by atoms with E-state index in [1.165, 1.54) is 0 Å². The third kappa shape index (κ3) is 9.69. The van der Waals surface area contributed by atoms with Crippen molar-refractivity contribution < 1.29 is 9.53 Å². The Morgan fingerprint density at radius 1 is 1.07 bits per heavy atom. The maximum Gasteiger partial charge on any atom is 0.407 e. The molecule has 3 N–H and O–H groups in total. The normalized spacial score (nSPS) is 27.0. The Morgan fingerprint density at radius 3 is 2.21 bits per heavy atom. The molecule has 0 bridgehead atoms. The van der Waals surface area contributed by atoms with Gasteiger partial charge in [0.1, 0.15) is 5.60 Å². The highest BCUT2D eigenvalue weighted by atomic mass is 127. The van der Waals surface area contributed by atoms with Crippen molar-refractivity contribution in [2.75, 3.05) is 47.3 Å². The summed E-state index contributed by atoms with van der Waals surface area (Å²) in [6, 6.07) is 1.06. The zero-order chi connectivity index (χ0) is 20.7. The highest BCUT2D eigenvalue weighted by molar-refractivity contribution is 14.0. The van der Waals surface area contributed by atoms with Crippen LogP contribution in [-0.4, -0.2) is 92.9 Å². The first-order valence-corrected chi connectivity index (χ1v) is 10.5. The van der Waals surface area contributed by atoms with Crippen molar-refractivity contribution in [3.05, 3.63) is 0 Å². The second-order valence-electron chi connectivity index (χ2n) is 9.19. The molecule has 0 radical (unpaired) electrons. The first-order chi connectivity index (χ1) is 13.2. The van der Waals surface area contributed by atoms with Gasteiger partial charge in [0.25, 0.3) is 0 Å². The quantitative estimate of drug-likeness (QED) is 0.296. The summed E-state index contributed by atoms with van der Waals surface area (Å²) in [7, 11) is 6.19. The van der Waals surface area contributed by atoms with Crippen LogP contribution in [0, 0.1) is 0 Å². The number of guanidine groups is 1. The maximum atomic E-state index is 11.9. The van der Waals surface area contributed by atoms with Crippen LogP contribution in [0.25, 0.3) is 0 Å². The summed E-state index contributed by atoms with van der Waals surface area (Å²) in [5, 5.41) is 10.0. The zero-order valence-electron chi connectivity index (χ0n) is 19.0. The number of piperazine rings is 1. The summed E-state index contributed by atoms with van der Waals surface area (Å²) in [4.78, 5) is 21.1. The average molecular weight is 524 g/mol. The predicted octanol–water partition coefficient (Wildman–Crippen LogP) is 1.85. The number of carbonyl (C=O) groups excluding carboxylic acids is 1. The molecule has 170 valence electrons. The molecule has 2 aliphatic rings. The number of carbonyl (C=O) groups is 1. The molecule has 1 atom stereocenters. The lowest BCUT2D eigenvalue weighted by Crippen LogP contribution is -2.56. The van der Waals surface area contributed by atoms with Crippen molar-refractivity contribution in [3.63, 3.8) is 0 Å². The number of hydrogen-bond acceptors (Lipinski definition) is 5. The van der Waals surface area contributed by atoms with Crippen LogP contribution < -0.4 is 16.0 Å². The molecule has 1 aliphatic heterocycles. The number of aliphatic imine (C=N–C) groups is 1. The zero-order valence-corrected chi connectivity index (χ0v) is 21.3. The molecule has 1 amide bonds. The van der Waals surface area contributed by atoms with Gasteiger partial charge in [0.15, 0.2) is 5.96 Å². The van der Waals surface area contributed by atoms with Gasteiger partial charge in [-0.3, -0.25) is 9.89 Å². The molecule has 29 heavy (non-hydrogen) atoms. The van der Waals surface area contributed by atoms with Crippen LogP contribution in [0.5, 0.6) is 0 Å². The molecule has 1 heterocycles. The number of amides is 1. The van der Waals surface area contributed by atoms with Gasteiger partial charge in [0.05, 0.1) is 0 Å². The van der Waals surface area contributed by atoms with Gasteiger partial charge in [-0.1, -0.05) is 0 Å². The van der Waals surface area contributed by atoms with Crippen molar-refractivity contribution in [2.45, 2.75) is 70.2 Å².